The number of anilines is 1. The number of ether oxygens (including phenoxy) is 1. The number of nitrogens with zero attached hydrogens (tertiary/aromatic N) is 3. The lowest BCUT2D eigenvalue weighted by atomic mass is 9.86. The van der Waals surface area contributed by atoms with Crippen LogP contribution in [-0.2, 0) is 20.1 Å². The Balaban J connectivity index is 1.78. The summed E-state index contributed by atoms with van der Waals surface area (Å²) in [7, 11) is 3.85. The Bertz CT molecular complexity index is 1460. The first kappa shape index (κ1) is 30.5. The van der Waals surface area contributed by atoms with E-state index in [9.17, 15) is 22.8 Å². The van der Waals surface area contributed by atoms with Gasteiger partial charge in [-0.05, 0) is 42.7 Å². The summed E-state index contributed by atoms with van der Waals surface area (Å²) in [6.07, 6.45) is -1.84. The number of thioether (sulfide) groups is 1. The molecule has 5 rings (SSSR count). The first-order valence-corrected chi connectivity index (χ1v) is 15.2. The normalized spacial score (nSPS) is 21.7. The second-order valence-electron chi connectivity index (χ2n) is 10.9. The molecule has 2 aliphatic heterocycles. The zero-order valence-corrected chi connectivity index (χ0v) is 25.4. The van der Waals surface area contributed by atoms with Crippen LogP contribution in [0.3, 0.4) is 0 Å². The highest BCUT2D eigenvalue weighted by atomic mass is 35.5. The fraction of sp³-hybridized carbons (Fsp3) is 0.419. The van der Waals surface area contributed by atoms with Gasteiger partial charge in [0.05, 0.1) is 36.0 Å². The number of hydrogen-bond donors (Lipinski definition) is 0. The molecule has 1 saturated heterocycles. The number of fused-ring (bicyclic) bond motifs is 3. The van der Waals surface area contributed by atoms with Gasteiger partial charge in [0.15, 0.2) is 5.76 Å². The number of carbonyl (C=O) groups is 2. The molecule has 3 atom stereocenters. The van der Waals surface area contributed by atoms with Crippen molar-refractivity contribution >= 4 is 40.7 Å². The van der Waals surface area contributed by atoms with Crippen molar-refractivity contribution in [2.24, 2.45) is 0 Å². The van der Waals surface area contributed by atoms with Crippen molar-refractivity contribution in [2.75, 3.05) is 32.3 Å². The minimum absolute atomic E-state index is 0.110. The van der Waals surface area contributed by atoms with Gasteiger partial charge in [-0.25, -0.2) is 0 Å². The summed E-state index contributed by atoms with van der Waals surface area (Å²) in [6, 6.07) is 10.3. The van der Waals surface area contributed by atoms with E-state index in [2.05, 4.69) is 0 Å². The zero-order valence-electron chi connectivity index (χ0n) is 23.9. The number of ketones is 1. The van der Waals surface area contributed by atoms with E-state index in [1.807, 2.05) is 73.3 Å². The molecule has 11 heteroatoms. The molecule has 0 bridgehead atoms. The average Bonchev–Trinajstić information content (AvgIpc) is 3.11. The molecule has 1 fully saturated rings. The van der Waals surface area contributed by atoms with E-state index < -0.39 is 36.0 Å². The third-order valence-electron chi connectivity index (χ3n) is 7.97. The first-order valence-electron chi connectivity index (χ1n) is 13.9. The summed E-state index contributed by atoms with van der Waals surface area (Å²) < 4.78 is 48.5. The Hall–Kier alpha value is -2.95. The molecule has 1 unspecified atom stereocenters. The molecular formula is C31H33ClF3N3O3S. The third-order valence-corrected chi connectivity index (χ3v) is 9.41. The second-order valence-corrected chi connectivity index (χ2v) is 12.3. The predicted molar refractivity (Wildman–Crippen MR) is 158 cm³/mol. The number of halogens is 4. The van der Waals surface area contributed by atoms with E-state index in [4.69, 9.17) is 16.3 Å². The molecule has 224 valence electrons. The third kappa shape index (κ3) is 5.44. The van der Waals surface area contributed by atoms with Gasteiger partial charge in [0.2, 0.25) is 5.78 Å². The molecule has 1 amide bonds. The van der Waals surface area contributed by atoms with Gasteiger partial charge in [0.1, 0.15) is 6.04 Å². The molecule has 0 radical (unpaired) electrons. The summed E-state index contributed by atoms with van der Waals surface area (Å²) >= 11 is 8.14. The number of allylic oxidation sites excluding steroid dienone is 1. The van der Waals surface area contributed by atoms with Crippen LogP contribution in [0.5, 0.6) is 0 Å². The Morgan fingerprint density at radius 3 is 2.57 bits per heavy atom. The van der Waals surface area contributed by atoms with Crippen molar-refractivity contribution in [3.05, 3.63) is 81.6 Å². The minimum atomic E-state index is -4.69. The van der Waals surface area contributed by atoms with Gasteiger partial charge in [0.25, 0.3) is 5.91 Å². The highest BCUT2D eigenvalue weighted by Crippen LogP contribution is 2.49. The first-order chi connectivity index (χ1) is 20.0. The summed E-state index contributed by atoms with van der Waals surface area (Å²) in [5, 5.41) is -0.122. The van der Waals surface area contributed by atoms with Crippen LogP contribution < -0.4 is 4.90 Å². The van der Waals surface area contributed by atoms with Crippen molar-refractivity contribution in [1.29, 1.82) is 0 Å². The van der Waals surface area contributed by atoms with Crippen LogP contribution >= 0.6 is 23.4 Å². The van der Waals surface area contributed by atoms with Crippen LogP contribution in [-0.4, -0.2) is 67.1 Å². The number of hydrogen-bond acceptors (Lipinski definition) is 6. The van der Waals surface area contributed by atoms with Crippen LogP contribution in [0, 0.1) is 0 Å². The van der Waals surface area contributed by atoms with E-state index in [0.29, 0.717) is 12.2 Å². The molecule has 6 nitrogen and oxygen atoms in total. The maximum absolute atomic E-state index is 14.2. The molecule has 0 aromatic heterocycles. The topological polar surface area (TPSA) is 53.1 Å². The van der Waals surface area contributed by atoms with Gasteiger partial charge < -0.3 is 14.5 Å². The average molecular weight is 620 g/mol. The lowest BCUT2D eigenvalue weighted by molar-refractivity contribution is -0.193. The molecule has 1 aliphatic carbocycles. The van der Waals surface area contributed by atoms with Crippen LogP contribution in [0.2, 0.25) is 0 Å². The van der Waals surface area contributed by atoms with E-state index in [1.54, 1.807) is 11.8 Å². The number of amides is 1. The van der Waals surface area contributed by atoms with E-state index in [0.717, 1.165) is 45.5 Å². The molecule has 0 saturated carbocycles. The molecule has 2 heterocycles. The van der Waals surface area contributed by atoms with Gasteiger partial charge in [0, 0.05) is 36.0 Å². The standard InChI is InChI=1S/C31H33ClF3N3O3S/c1-5-6-14-41-29-26-23(15-21(32)28(29)39)38(17-37(30(26)40)18(2)31(33,34)35)27-20-11-7-8-13-24(20)42-16-19-10-9-12-22(25(19)27)36(3)4/h7-13,15,18,23,27H,5-6,14,16-17H2,1-4H3/t18-,23?,27+/m1/s1. The lowest BCUT2D eigenvalue weighted by Gasteiger charge is -2.49. The molecule has 2 aromatic carbocycles. The predicted octanol–water partition coefficient (Wildman–Crippen LogP) is 6.65. The van der Waals surface area contributed by atoms with Gasteiger partial charge in [-0.1, -0.05) is 55.3 Å². The van der Waals surface area contributed by atoms with Crippen molar-refractivity contribution in [3.63, 3.8) is 0 Å². The van der Waals surface area contributed by atoms with E-state index in [1.165, 1.54) is 6.08 Å². The van der Waals surface area contributed by atoms with Crippen molar-refractivity contribution < 1.29 is 27.5 Å². The maximum Gasteiger partial charge on any atom is 0.408 e. The number of Topliss-reactive ketones (excluding diaryl/α,β-unsaturated/α-hetero) is 1. The van der Waals surface area contributed by atoms with Crippen LogP contribution in [0.1, 0.15) is 49.4 Å². The highest BCUT2D eigenvalue weighted by molar-refractivity contribution is 7.98. The SMILES string of the molecule is CCCCOC1=C2C(=O)N([C@H](C)C(F)(F)F)CN([C@H]3c4ccccc4SCc4cccc(N(C)C)c43)C2C=C(Cl)C1=O. The quantitative estimate of drug-likeness (QED) is 0.324. The van der Waals surface area contributed by atoms with E-state index >= 15 is 0 Å². The second kappa shape index (κ2) is 12.0. The minimum Gasteiger partial charge on any atom is -0.489 e. The fourth-order valence-electron chi connectivity index (χ4n) is 5.73. The zero-order chi connectivity index (χ0) is 30.3. The number of alkyl halides is 3. The summed E-state index contributed by atoms with van der Waals surface area (Å²) in [5.74, 6) is -1.18. The van der Waals surface area contributed by atoms with Crippen LogP contribution in [0.15, 0.2) is 69.8 Å². The van der Waals surface area contributed by atoms with E-state index in [-0.39, 0.29) is 29.6 Å². The van der Waals surface area contributed by atoms with Crippen LogP contribution in [0.4, 0.5) is 18.9 Å². The Labute approximate surface area is 253 Å². The number of unbranched alkanes of at least 4 members (excludes halogenated alkanes) is 1. The summed E-state index contributed by atoms with van der Waals surface area (Å²) in [5.41, 5.74) is 3.67. The van der Waals surface area contributed by atoms with Crippen LogP contribution in [0.25, 0.3) is 0 Å². The fourth-order valence-corrected chi connectivity index (χ4v) is 7.02. The molecule has 2 aromatic rings. The lowest BCUT2D eigenvalue weighted by Crippen LogP contribution is -2.61. The maximum atomic E-state index is 14.2. The Kier molecular flexibility index (Phi) is 8.70. The van der Waals surface area contributed by atoms with Gasteiger partial charge in [-0.2, -0.15) is 13.2 Å². The molecule has 0 spiro atoms. The van der Waals surface area contributed by atoms with Gasteiger partial charge in [-0.3, -0.25) is 14.5 Å². The number of rotatable bonds is 7. The molecule has 3 aliphatic rings. The summed E-state index contributed by atoms with van der Waals surface area (Å²) in [4.78, 5) is 32.8. The monoisotopic (exact) mass is 619 g/mol. The Morgan fingerprint density at radius 1 is 1.14 bits per heavy atom. The van der Waals surface area contributed by atoms with Crippen molar-refractivity contribution in [3.8, 4) is 0 Å². The van der Waals surface area contributed by atoms with Crippen molar-refractivity contribution in [2.45, 2.75) is 61.6 Å². The molecule has 42 heavy (non-hydrogen) atoms. The Morgan fingerprint density at radius 2 is 1.88 bits per heavy atom. The van der Waals surface area contributed by atoms with Crippen molar-refractivity contribution in [1.82, 2.24) is 9.80 Å². The smallest absolute Gasteiger partial charge is 0.408 e. The number of benzene rings is 2. The largest absolute Gasteiger partial charge is 0.489 e. The van der Waals surface area contributed by atoms with Gasteiger partial charge >= 0.3 is 6.18 Å². The highest BCUT2D eigenvalue weighted by Gasteiger charge is 2.52. The van der Waals surface area contributed by atoms with Gasteiger partial charge in [-0.15, -0.1) is 11.8 Å². The molecular weight excluding hydrogens is 587 g/mol. The number of carbonyl (C=O) groups excluding carboxylic acids is 2. The molecule has 0 N–H and O–H groups in total. The summed E-state index contributed by atoms with van der Waals surface area (Å²) in [6.45, 7) is 2.71.